The highest BCUT2D eigenvalue weighted by Gasteiger charge is 2.45. The molecule has 1 atom stereocenters. The maximum absolute atomic E-state index is 15.1. The second-order valence-corrected chi connectivity index (χ2v) is 10.9. The zero-order valence-electron chi connectivity index (χ0n) is 24.1. The van der Waals surface area contributed by atoms with Crippen LogP contribution in [-0.2, 0) is 29.4 Å². The van der Waals surface area contributed by atoms with Crippen molar-refractivity contribution in [2.45, 2.75) is 43.5 Å². The molecule has 0 saturated carbocycles. The van der Waals surface area contributed by atoms with Gasteiger partial charge in [-0.3, -0.25) is 14.6 Å². The second-order valence-electron chi connectivity index (χ2n) is 10.4. The molecule has 3 aromatic carbocycles. The highest BCUT2D eigenvalue weighted by atomic mass is 35.5. The third-order valence-corrected chi connectivity index (χ3v) is 7.24. The number of rotatable bonds is 12. The second kappa shape index (κ2) is 14.1. The minimum absolute atomic E-state index is 0.0648. The number of amides is 1. The van der Waals surface area contributed by atoms with Gasteiger partial charge in [-0.1, -0.05) is 35.9 Å². The summed E-state index contributed by atoms with van der Waals surface area (Å²) in [6.07, 6.45) is -14.0. The van der Waals surface area contributed by atoms with Crippen LogP contribution >= 0.6 is 11.6 Å². The fraction of sp³-hybridized carbons (Fsp3) is 0.219. The number of hydrogen-bond donors (Lipinski definition) is 2. The highest BCUT2D eigenvalue weighted by molar-refractivity contribution is 6.30. The molecule has 1 amide bonds. The number of nitrogens with one attached hydrogen (secondary N) is 1. The Morgan fingerprint density at radius 3 is 2.15 bits per heavy atom. The van der Waals surface area contributed by atoms with Gasteiger partial charge in [-0.2, -0.15) is 30.7 Å². The van der Waals surface area contributed by atoms with Gasteiger partial charge < -0.3 is 15.2 Å². The van der Waals surface area contributed by atoms with Crippen molar-refractivity contribution in [1.29, 1.82) is 0 Å². The van der Waals surface area contributed by atoms with E-state index in [0.29, 0.717) is 29.3 Å². The average Bonchev–Trinajstić information content (AvgIpc) is 2.99. The van der Waals surface area contributed by atoms with Crippen molar-refractivity contribution in [3.8, 4) is 5.75 Å². The predicted octanol–water partition coefficient (Wildman–Crippen LogP) is 8.20. The topological polar surface area (TPSA) is 88.5 Å². The van der Waals surface area contributed by atoms with Gasteiger partial charge in [0.05, 0.1) is 16.3 Å². The lowest BCUT2D eigenvalue weighted by Crippen LogP contribution is -2.49. The minimum atomic E-state index is -5.21. The summed E-state index contributed by atoms with van der Waals surface area (Å²) in [5, 5.41) is 11.5. The molecule has 0 fully saturated rings. The van der Waals surface area contributed by atoms with Gasteiger partial charge in [0.25, 0.3) is 5.91 Å². The molecule has 0 bridgehead atoms. The Kier molecular flexibility index (Phi) is 10.6. The first-order valence-corrected chi connectivity index (χ1v) is 14.0. The Morgan fingerprint density at radius 2 is 1.56 bits per heavy atom. The largest absolute Gasteiger partial charge is 0.481 e. The van der Waals surface area contributed by atoms with Gasteiger partial charge >= 0.3 is 24.7 Å². The Hall–Kier alpha value is -4.79. The maximum atomic E-state index is 15.1. The summed E-state index contributed by atoms with van der Waals surface area (Å²) in [5.74, 6) is -6.44. The molecule has 0 spiro atoms. The van der Waals surface area contributed by atoms with E-state index in [1.807, 2.05) is 0 Å². The molecular formula is C32H22ClF9N2O4. The van der Waals surface area contributed by atoms with Crippen LogP contribution in [0.25, 0.3) is 0 Å². The first kappa shape index (κ1) is 36.1. The van der Waals surface area contributed by atoms with Gasteiger partial charge in [-0.25, -0.2) is 8.78 Å². The van der Waals surface area contributed by atoms with Crippen LogP contribution in [0.1, 0.15) is 44.7 Å². The van der Waals surface area contributed by atoms with Crippen LogP contribution in [-0.4, -0.2) is 34.5 Å². The van der Waals surface area contributed by atoms with E-state index in [1.54, 1.807) is 0 Å². The smallest absolute Gasteiger partial charge is 0.461 e. The normalized spacial score (nSPS) is 13.2. The van der Waals surface area contributed by atoms with Crippen molar-refractivity contribution in [2.24, 2.45) is 0 Å². The van der Waals surface area contributed by atoms with Crippen molar-refractivity contribution >= 4 is 23.5 Å². The van der Waals surface area contributed by atoms with E-state index < -0.39 is 76.6 Å². The molecule has 6 nitrogen and oxygen atoms in total. The van der Waals surface area contributed by atoms with Crippen LogP contribution in [0.2, 0.25) is 5.02 Å². The molecule has 0 radical (unpaired) electrons. The Morgan fingerprint density at radius 1 is 0.896 bits per heavy atom. The number of aryl methyl sites for hydroxylation is 1. The van der Waals surface area contributed by atoms with E-state index in [-0.39, 0.29) is 29.6 Å². The van der Waals surface area contributed by atoms with Gasteiger partial charge in [0.1, 0.15) is 22.9 Å². The number of carboxylic acids is 1. The molecular weight excluding hydrogens is 683 g/mol. The van der Waals surface area contributed by atoms with Crippen molar-refractivity contribution < 1.29 is 58.9 Å². The van der Waals surface area contributed by atoms with Gasteiger partial charge in [-0.05, 0) is 65.6 Å². The Labute approximate surface area is 271 Å². The summed E-state index contributed by atoms with van der Waals surface area (Å²) >= 11 is 6.00. The monoisotopic (exact) mass is 704 g/mol. The van der Waals surface area contributed by atoms with Crippen LogP contribution in [0.15, 0.2) is 79.0 Å². The van der Waals surface area contributed by atoms with Crippen LogP contribution < -0.4 is 10.1 Å². The number of benzene rings is 3. The minimum Gasteiger partial charge on any atom is -0.481 e. The van der Waals surface area contributed by atoms with E-state index in [4.69, 9.17) is 16.7 Å². The van der Waals surface area contributed by atoms with E-state index in [0.717, 1.165) is 18.3 Å². The molecule has 4 aromatic rings. The number of carbonyl (C=O) groups excluding carboxylic acids is 1. The molecule has 0 aliphatic heterocycles. The number of aliphatic carboxylic acids is 1. The number of carbonyl (C=O) groups is 2. The van der Waals surface area contributed by atoms with Crippen LogP contribution in [0.4, 0.5) is 39.5 Å². The van der Waals surface area contributed by atoms with Gasteiger partial charge in [0.2, 0.25) is 0 Å². The number of pyridine rings is 1. The van der Waals surface area contributed by atoms with E-state index >= 15 is 4.39 Å². The summed E-state index contributed by atoms with van der Waals surface area (Å²) < 4.78 is 127. The SMILES string of the molecule is O=C(O)CCc1ccc(C[C@](NC(=O)c2ccc(F)c(C(F)(F)F)c2)(c2cc(F)cc(OC(F)(F)C(F)F)c2)c2ccc(Cl)cn2)cc1. The number of alkyl halides is 7. The third-order valence-electron chi connectivity index (χ3n) is 7.02. The van der Waals surface area contributed by atoms with Crippen molar-refractivity contribution in [2.75, 3.05) is 0 Å². The number of halogens is 10. The van der Waals surface area contributed by atoms with Crippen molar-refractivity contribution in [3.05, 3.63) is 129 Å². The zero-order chi connectivity index (χ0) is 35.4. The average molecular weight is 705 g/mol. The summed E-state index contributed by atoms with van der Waals surface area (Å²) in [7, 11) is 0. The van der Waals surface area contributed by atoms with E-state index in [1.165, 1.54) is 36.4 Å². The first-order chi connectivity index (χ1) is 22.4. The number of aromatic nitrogens is 1. The molecule has 4 rings (SSSR count). The maximum Gasteiger partial charge on any atom is 0.461 e. The molecule has 16 heteroatoms. The Bertz CT molecular complexity index is 1790. The molecule has 48 heavy (non-hydrogen) atoms. The van der Waals surface area contributed by atoms with Gasteiger partial charge in [-0.15, -0.1) is 0 Å². The number of hydrogen-bond acceptors (Lipinski definition) is 4. The fourth-order valence-corrected chi connectivity index (χ4v) is 4.86. The zero-order valence-corrected chi connectivity index (χ0v) is 24.9. The van der Waals surface area contributed by atoms with E-state index in [2.05, 4.69) is 15.0 Å². The summed E-state index contributed by atoms with van der Waals surface area (Å²) in [4.78, 5) is 28.9. The molecule has 0 aliphatic carbocycles. The summed E-state index contributed by atoms with van der Waals surface area (Å²) in [5.41, 5.74) is -4.41. The van der Waals surface area contributed by atoms with Crippen molar-refractivity contribution in [1.82, 2.24) is 10.3 Å². The van der Waals surface area contributed by atoms with E-state index in [9.17, 15) is 44.7 Å². The highest BCUT2D eigenvalue weighted by Crippen LogP contribution is 2.38. The molecule has 0 aliphatic rings. The number of carboxylic acid groups (broad SMARTS) is 1. The molecule has 254 valence electrons. The molecule has 1 heterocycles. The molecule has 2 N–H and O–H groups in total. The summed E-state index contributed by atoms with van der Waals surface area (Å²) in [6, 6.07) is 11.7. The summed E-state index contributed by atoms with van der Waals surface area (Å²) in [6.45, 7) is 0. The fourth-order valence-electron chi connectivity index (χ4n) is 4.75. The number of nitrogens with zero attached hydrogens (tertiary/aromatic N) is 1. The lowest BCUT2D eigenvalue weighted by atomic mass is 9.79. The lowest BCUT2D eigenvalue weighted by molar-refractivity contribution is -0.253. The Balaban J connectivity index is 1.94. The molecule has 1 aromatic heterocycles. The molecule has 0 unspecified atom stereocenters. The third kappa shape index (κ3) is 8.56. The predicted molar refractivity (Wildman–Crippen MR) is 153 cm³/mol. The van der Waals surface area contributed by atoms with Gasteiger partial charge in [0, 0.05) is 30.7 Å². The lowest BCUT2D eigenvalue weighted by Gasteiger charge is -2.36. The quantitative estimate of drug-likeness (QED) is 0.145. The van der Waals surface area contributed by atoms with Crippen LogP contribution in [0.5, 0.6) is 5.75 Å². The van der Waals surface area contributed by atoms with Crippen LogP contribution in [0, 0.1) is 11.6 Å². The van der Waals surface area contributed by atoms with Crippen molar-refractivity contribution in [3.63, 3.8) is 0 Å². The number of ether oxygens (including phenoxy) is 1. The standard InChI is InChI=1S/C32H22ClF9N2O4/c33-21-7-9-26(43-16-21)30(15-18-3-1-17(2-4-18)5-10-27(45)46,20-12-22(34)14-23(13-20)48-32(41,42)29(36)37)44-28(47)19-6-8-25(35)24(11-19)31(38,39)40/h1-4,6-9,11-14,16,29H,5,10,15H2,(H,44,47)(H,45,46)/t30-/m0/s1. The first-order valence-electron chi connectivity index (χ1n) is 13.7. The molecule has 0 saturated heterocycles. The van der Waals surface area contributed by atoms with Gasteiger partial charge in [0.15, 0.2) is 0 Å². The van der Waals surface area contributed by atoms with Crippen LogP contribution in [0.3, 0.4) is 0 Å².